The van der Waals surface area contributed by atoms with Gasteiger partial charge in [-0.05, 0) is 24.5 Å². The third kappa shape index (κ3) is 4.11. The molecule has 0 saturated carbocycles. The van der Waals surface area contributed by atoms with Gasteiger partial charge in [0.15, 0.2) is 11.6 Å². The van der Waals surface area contributed by atoms with Crippen LogP contribution in [-0.4, -0.2) is 11.9 Å². The summed E-state index contributed by atoms with van der Waals surface area (Å²) in [6.07, 6.45) is 2.16. The molecule has 1 rings (SSSR count). The zero-order valence-electron chi connectivity index (χ0n) is 11.6. The van der Waals surface area contributed by atoms with Crippen molar-refractivity contribution in [2.45, 2.75) is 32.7 Å². The van der Waals surface area contributed by atoms with Gasteiger partial charge in [-0.2, -0.15) is 0 Å². The molecule has 2 nitrogen and oxygen atoms in total. The number of halogens is 3. The van der Waals surface area contributed by atoms with Crippen molar-refractivity contribution in [3.8, 4) is 0 Å². The second-order valence-electron chi connectivity index (χ2n) is 4.70. The predicted octanol–water partition coefficient (Wildman–Crippen LogP) is 3.36. The lowest BCUT2D eigenvalue weighted by molar-refractivity contribution is -0.123. The molecule has 0 saturated heterocycles. The topological polar surface area (TPSA) is 29.1 Å². The van der Waals surface area contributed by atoms with E-state index in [1.807, 2.05) is 6.92 Å². The van der Waals surface area contributed by atoms with Gasteiger partial charge in [0, 0.05) is 12.1 Å². The van der Waals surface area contributed by atoms with Crippen molar-refractivity contribution in [3.05, 3.63) is 47.8 Å². The van der Waals surface area contributed by atoms with Gasteiger partial charge in [0.1, 0.15) is 5.82 Å². The molecule has 0 aliphatic rings. The van der Waals surface area contributed by atoms with Crippen LogP contribution in [0.4, 0.5) is 13.2 Å². The van der Waals surface area contributed by atoms with Crippen LogP contribution < -0.4 is 5.32 Å². The number of carbonyl (C=O) groups is 1. The van der Waals surface area contributed by atoms with Gasteiger partial charge < -0.3 is 5.32 Å². The largest absolute Gasteiger partial charge is 0.353 e. The second kappa shape index (κ2) is 7.12. The molecule has 0 spiro atoms. The Morgan fingerprint density at radius 2 is 1.90 bits per heavy atom. The smallest absolute Gasteiger partial charge is 0.226 e. The van der Waals surface area contributed by atoms with Gasteiger partial charge in [0.25, 0.3) is 0 Å². The van der Waals surface area contributed by atoms with Gasteiger partial charge >= 0.3 is 0 Å². The first-order chi connectivity index (χ1) is 9.38. The Balaban J connectivity index is 2.81. The first-order valence-electron chi connectivity index (χ1n) is 6.45. The number of hydrogen-bond acceptors (Lipinski definition) is 1. The fraction of sp³-hybridized carbons (Fsp3) is 0.400. The van der Waals surface area contributed by atoms with Crippen molar-refractivity contribution in [2.75, 3.05) is 0 Å². The third-order valence-electron chi connectivity index (χ3n) is 3.16. The van der Waals surface area contributed by atoms with E-state index in [2.05, 4.69) is 11.9 Å². The van der Waals surface area contributed by atoms with E-state index in [1.165, 1.54) is 6.08 Å². The molecule has 0 aliphatic carbocycles. The molecule has 110 valence electrons. The highest BCUT2D eigenvalue weighted by atomic mass is 19.2. The highest BCUT2D eigenvalue weighted by Crippen LogP contribution is 2.16. The van der Waals surface area contributed by atoms with Crippen LogP contribution in [0.2, 0.25) is 0 Å². The molecule has 0 radical (unpaired) electrons. The van der Waals surface area contributed by atoms with E-state index >= 15 is 0 Å². The van der Waals surface area contributed by atoms with Crippen LogP contribution in [0.25, 0.3) is 0 Å². The SMILES string of the molecule is C=CC(C)C(=O)NC(CC)Cc1cc(F)c(F)cc1F. The maximum absolute atomic E-state index is 13.6. The first kappa shape index (κ1) is 16.3. The van der Waals surface area contributed by atoms with Gasteiger partial charge in [0.05, 0.1) is 5.92 Å². The number of nitrogens with one attached hydrogen (secondary N) is 1. The Morgan fingerprint density at radius 1 is 1.30 bits per heavy atom. The van der Waals surface area contributed by atoms with E-state index in [1.54, 1.807) is 6.92 Å². The fourth-order valence-electron chi connectivity index (χ4n) is 1.72. The summed E-state index contributed by atoms with van der Waals surface area (Å²) in [5, 5.41) is 2.73. The van der Waals surface area contributed by atoms with Gasteiger partial charge in [-0.3, -0.25) is 4.79 Å². The monoisotopic (exact) mass is 285 g/mol. The maximum atomic E-state index is 13.6. The van der Waals surface area contributed by atoms with E-state index in [0.29, 0.717) is 12.5 Å². The van der Waals surface area contributed by atoms with Crippen molar-refractivity contribution in [3.63, 3.8) is 0 Å². The van der Waals surface area contributed by atoms with Crippen LogP contribution in [0.15, 0.2) is 24.8 Å². The second-order valence-corrected chi connectivity index (χ2v) is 4.70. The Kier molecular flexibility index (Phi) is 5.80. The molecule has 1 amide bonds. The number of carbonyl (C=O) groups excluding carboxylic acids is 1. The number of hydrogen-bond donors (Lipinski definition) is 1. The average molecular weight is 285 g/mol. The van der Waals surface area contributed by atoms with Crippen molar-refractivity contribution < 1.29 is 18.0 Å². The molecule has 0 fully saturated rings. The highest BCUT2D eigenvalue weighted by molar-refractivity contribution is 5.80. The third-order valence-corrected chi connectivity index (χ3v) is 3.16. The van der Waals surface area contributed by atoms with E-state index in [0.717, 1.165) is 6.07 Å². The summed E-state index contributed by atoms with van der Waals surface area (Å²) in [4.78, 5) is 11.7. The lowest BCUT2D eigenvalue weighted by Crippen LogP contribution is -2.38. The maximum Gasteiger partial charge on any atom is 0.226 e. The minimum Gasteiger partial charge on any atom is -0.353 e. The lowest BCUT2D eigenvalue weighted by atomic mass is 10.0. The van der Waals surface area contributed by atoms with Crippen molar-refractivity contribution in [1.82, 2.24) is 5.32 Å². The van der Waals surface area contributed by atoms with Crippen molar-refractivity contribution >= 4 is 5.91 Å². The van der Waals surface area contributed by atoms with E-state index < -0.39 is 17.5 Å². The summed E-state index contributed by atoms with van der Waals surface area (Å²) in [5.74, 6) is -3.72. The summed E-state index contributed by atoms with van der Waals surface area (Å²) in [7, 11) is 0. The molecule has 1 aromatic carbocycles. The zero-order valence-corrected chi connectivity index (χ0v) is 11.6. The highest BCUT2D eigenvalue weighted by Gasteiger charge is 2.17. The van der Waals surface area contributed by atoms with Crippen LogP contribution >= 0.6 is 0 Å². The molecule has 0 aliphatic heterocycles. The normalized spacial score (nSPS) is 13.7. The van der Waals surface area contributed by atoms with Gasteiger partial charge in [-0.15, -0.1) is 6.58 Å². The van der Waals surface area contributed by atoms with Gasteiger partial charge in [-0.25, -0.2) is 13.2 Å². The molecule has 20 heavy (non-hydrogen) atoms. The molecule has 1 N–H and O–H groups in total. The zero-order chi connectivity index (χ0) is 15.3. The Labute approximate surface area is 116 Å². The molecule has 0 heterocycles. The van der Waals surface area contributed by atoms with Crippen LogP contribution in [0.3, 0.4) is 0 Å². The van der Waals surface area contributed by atoms with Crippen LogP contribution in [0.5, 0.6) is 0 Å². The molecule has 5 heteroatoms. The molecule has 0 bridgehead atoms. The van der Waals surface area contributed by atoms with Crippen molar-refractivity contribution in [2.24, 2.45) is 5.92 Å². The summed E-state index contributed by atoms with van der Waals surface area (Å²) >= 11 is 0. The standard InChI is InChI=1S/C15H18F3NO/c1-4-9(3)15(20)19-11(5-2)6-10-7-13(17)14(18)8-12(10)16/h4,7-9,11H,1,5-6H2,2-3H3,(H,19,20). The number of amides is 1. The van der Waals surface area contributed by atoms with Crippen LogP contribution in [0.1, 0.15) is 25.8 Å². The summed E-state index contributed by atoms with van der Waals surface area (Å²) in [5.41, 5.74) is 0.0438. The van der Waals surface area contributed by atoms with Crippen molar-refractivity contribution in [1.29, 1.82) is 0 Å². The quantitative estimate of drug-likeness (QED) is 0.630. The summed E-state index contributed by atoms with van der Waals surface area (Å²) in [6.45, 7) is 7.03. The first-order valence-corrected chi connectivity index (χ1v) is 6.45. The average Bonchev–Trinajstić information content (AvgIpc) is 2.42. The van der Waals surface area contributed by atoms with E-state index in [4.69, 9.17) is 0 Å². The molecule has 1 aromatic rings. The molecule has 2 unspecified atom stereocenters. The van der Waals surface area contributed by atoms with E-state index in [-0.39, 0.29) is 29.9 Å². The van der Waals surface area contributed by atoms with Gasteiger partial charge in [-0.1, -0.05) is 19.9 Å². The number of benzene rings is 1. The summed E-state index contributed by atoms with van der Waals surface area (Å²) in [6, 6.07) is 1.01. The Hall–Kier alpha value is -1.78. The van der Waals surface area contributed by atoms with Crippen LogP contribution in [-0.2, 0) is 11.2 Å². The van der Waals surface area contributed by atoms with E-state index in [9.17, 15) is 18.0 Å². The Morgan fingerprint density at radius 3 is 2.45 bits per heavy atom. The van der Waals surface area contributed by atoms with Crippen LogP contribution in [0, 0.1) is 23.4 Å². The number of rotatable bonds is 6. The molecular formula is C15H18F3NO. The van der Waals surface area contributed by atoms with Gasteiger partial charge in [0.2, 0.25) is 5.91 Å². The minimum atomic E-state index is -1.22. The fourth-order valence-corrected chi connectivity index (χ4v) is 1.72. The minimum absolute atomic E-state index is 0.0438. The molecular weight excluding hydrogens is 267 g/mol. The molecule has 0 aromatic heterocycles. The summed E-state index contributed by atoms with van der Waals surface area (Å²) < 4.78 is 39.5. The Bertz CT molecular complexity index is 502. The predicted molar refractivity (Wildman–Crippen MR) is 71.6 cm³/mol. The lowest BCUT2D eigenvalue weighted by Gasteiger charge is -2.19. The molecule has 2 atom stereocenters.